The summed E-state index contributed by atoms with van der Waals surface area (Å²) in [7, 11) is 3.44. The van der Waals surface area contributed by atoms with Crippen molar-refractivity contribution in [3.05, 3.63) is 102 Å². The van der Waals surface area contributed by atoms with E-state index in [2.05, 4.69) is 36.5 Å². The summed E-state index contributed by atoms with van der Waals surface area (Å²) in [6, 6.07) is 19.6. The Labute approximate surface area is 234 Å². The number of carboxylic acids is 1. The molecule has 0 aliphatic carbocycles. The van der Waals surface area contributed by atoms with Gasteiger partial charge in [0.05, 0.1) is 23.8 Å². The van der Waals surface area contributed by atoms with Crippen LogP contribution in [0.1, 0.15) is 26.3 Å². The maximum absolute atomic E-state index is 12.7. The van der Waals surface area contributed by atoms with Crippen molar-refractivity contribution < 1.29 is 19.5 Å². The molecule has 2 amide bonds. The monoisotopic (exact) mass is 587 g/mol. The van der Waals surface area contributed by atoms with Gasteiger partial charge in [-0.3, -0.25) is 19.4 Å². The van der Waals surface area contributed by atoms with Gasteiger partial charge in [0.25, 0.3) is 11.8 Å². The van der Waals surface area contributed by atoms with Gasteiger partial charge in [-0.1, -0.05) is 40.2 Å². The van der Waals surface area contributed by atoms with Crippen molar-refractivity contribution in [2.75, 3.05) is 24.7 Å². The molecule has 198 valence electrons. The zero-order valence-electron chi connectivity index (χ0n) is 21.3. The molecule has 2 aromatic carbocycles. The van der Waals surface area contributed by atoms with E-state index in [4.69, 9.17) is 5.11 Å². The second-order valence-corrected chi connectivity index (χ2v) is 10.1. The number of carbonyl (C=O) groups excluding carboxylic acids is 2. The van der Waals surface area contributed by atoms with Gasteiger partial charge < -0.3 is 20.6 Å². The van der Waals surface area contributed by atoms with Crippen LogP contribution in [0.4, 0.5) is 17.2 Å². The standard InChI is InChI=1S/C29H26BrN5O4/c1-35(2)28(37)21-9-7-19(8-10-21)22-11-12-26(32-15-22)33-23-14-24(17-31-16-23)34-27(36)20-5-3-18(4-6-20)13-25(30)29(38)39/h3-12,14-17,25H,13H2,1-2H3,(H,32,33)(H,34,36)(H,38,39). The number of pyridine rings is 2. The van der Waals surface area contributed by atoms with Gasteiger partial charge in [-0.15, -0.1) is 0 Å². The Hall–Kier alpha value is -4.57. The minimum Gasteiger partial charge on any atom is -0.480 e. The number of benzene rings is 2. The van der Waals surface area contributed by atoms with Crippen LogP contribution in [0.5, 0.6) is 0 Å². The first-order chi connectivity index (χ1) is 18.7. The quantitative estimate of drug-likeness (QED) is 0.229. The van der Waals surface area contributed by atoms with Crippen LogP contribution >= 0.6 is 15.9 Å². The van der Waals surface area contributed by atoms with E-state index in [1.54, 1.807) is 75.2 Å². The smallest absolute Gasteiger partial charge is 0.317 e. The molecule has 0 spiro atoms. The topological polar surface area (TPSA) is 125 Å². The fourth-order valence-corrected chi connectivity index (χ4v) is 4.09. The highest BCUT2D eigenvalue weighted by Crippen LogP contribution is 2.23. The SMILES string of the molecule is CN(C)C(=O)c1ccc(-c2ccc(Nc3cncc(NC(=O)c4ccc(CC(Br)C(=O)O)cc4)c3)nc2)cc1. The Morgan fingerprint density at radius 1 is 0.872 bits per heavy atom. The number of aromatic nitrogens is 2. The number of anilines is 3. The van der Waals surface area contributed by atoms with Crippen molar-refractivity contribution in [2.24, 2.45) is 0 Å². The predicted octanol–water partition coefficient (Wildman–Crippen LogP) is 5.23. The van der Waals surface area contributed by atoms with Crippen LogP contribution in [-0.4, -0.2) is 56.7 Å². The maximum Gasteiger partial charge on any atom is 0.317 e. The number of carbonyl (C=O) groups is 3. The van der Waals surface area contributed by atoms with Crippen LogP contribution < -0.4 is 10.6 Å². The van der Waals surface area contributed by atoms with E-state index in [-0.39, 0.29) is 11.8 Å². The number of rotatable bonds is 9. The van der Waals surface area contributed by atoms with E-state index >= 15 is 0 Å². The summed E-state index contributed by atoms with van der Waals surface area (Å²) in [5.41, 5.74) is 4.86. The molecule has 10 heteroatoms. The van der Waals surface area contributed by atoms with Gasteiger partial charge in [-0.25, -0.2) is 4.98 Å². The lowest BCUT2D eigenvalue weighted by atomic mass is 10.1. The number of hydrogen-bond acceptors (Lipinski definition) is 6. The molecule has 0 bridgehead atoms. The molecule has 0 aliphatic rings. The maximum atomic E-state index is 12.7. The van der Waals surface area contributed by atoms with Crippen LogP contribution in [0.15, 0.2) is 85.3 Å². The Balaban J connectivity index is 1.37. The van der Waals surface area contributed by atoms with Gasteiger partial charge in [0.2, 0.25) is 0 Å². The van der Waals surface area contributed by atoms with Crippen LogP contribution in [0.3, 0.4) is 0 Å². The first kappa shape index (κ1) is 27.5. The molecule has 39 heavy (non-hydrogen) atoms. The third-order valence-corrected chi connectivity index (χ3v) is 6.52. The molecule has 1 unspecified atom stereocenters. The van der Waals surface area contributed by atoms with Gasteiger partial charge >= 0.3 is 5.97 Å². The first-order valence-corrected chi connectivity index (χ1v) is 12.9. The van der Waals surface area contributed by atoms with Gasteiger partial charge in [0, 0.05) is 37.0 Å². The van der Waals surface area contributed by atoms with Crippen molar-refractivity contribution in [3.63, 3.8) is 0 Å². The Kier molecular flexibility index (Phi) is 8.67. The molecular weight excluding hydrogens is 562 g/mol. The lowest BCUT2D eigenvalue weighted by Gasteiger charge is -2.11. The summed E-state index contributed by atoms with van der Waals surface area (Å²) in [4.78, 5) is 45.3. The fourth-order valence-electron chi connectivity index (χ4n) is 3.72. The Bertz CT molecular complexity index is 1470. The molecule has 9 nitrogen and oxygen atoms in total. The molecule has 4 aromatic rings. The molecule has 0 radical (unpaired) electrons. The van der Waals surface area contributed by atoms with E-state index in [1.165, 1.54) is 4.90 Å². The molecule has 0 saturated carbocycles. The van der Waals surface area contributed by atoms with E-state index in [0.717, 1.165) is 16.7 Å². The molecule has 3 N–H and O–H groups in total. The summed E-state index contributed by atoms with van der Waals surface area (Å²) in [5, 5.41) is 15.0. The summed E-state index contributed by atoms with van der Waals surface area (Å²) >= 11 is 3.12. The molecule has 0 saturated heterocycles. The molecule has 2 heterocycles. The van der Waals surface area contributed by atoms with Crippen LogP contribution in [0.2, 0.25) is 0 Å². The zero-order valence-corrected chi connectivity index (χ0v) is 22.8. The van der Waals surface area contributed by atoms with Gasteiger partial charge in [0.1, 0.15) is 10.6 Å². The molecule has 2 aromatic heterocycles. The van der Waals surface area contributed by atoms with E-state index < -0.39 is 10.8 Å². The van der Waals surface area contributed by atoms with Gasteiger partial charge in [-0.2, -0.15) is 0 Å². The van der Waals surface area contributed by atoms with Crippen molar-refractivity contribution in [2.45, 2.75) is 11.2 Å². The minimum absolute atomic E-state index is 0.0508. The number of halogens is 1. The van der Waals surface area contributed by atoms with Crippen LogP contribution in [0.25, 0.3) is 11.1 Å². The predicted molar refractivity (Wildman–Crippen MR) is 154 cm³/mol. The minimum atomic E-state index is -0.937. The highest BCUT2D eigenvalue weighted by Gasteiger charge is 2.14. The van der Waals surface area contributed by atoms with Crippen molar-refractivity contribution in [1.82, 2.24) is 14.9 Å². The Morgan fingerprint density at radius 3 is 2.13 bits per heavy atom. The molecule has 0 fully saturated rings. The van der Waals surface area contributed by atoms with Crippen molar-refractivity contribution in [1.29, 1.82) is 0 Å². The normalized spacial score (nSPS) is 11.4. The van der Waals surface area contributed by atoms with E-state index in [0.29, 0.717) is 34.7 Å². The molecule has 1 atom stereocenters. The number of nitrogens with zero attached hydrogens (tertiary/aromatic N) is 3. The number of amides is 2. The van der Waals surface area contributed by atoms with Gasteiger partial charge in [-0.05, 0) is 60.0 Å². The molecule has 4 rings (SSSR count). The lowest BCUT2D eigenvalue weighted by Crippen LogP contribution is -2.21. The average Bonchev–Trinajstić information content (AvgIpc) is 2.93. The largest absolute Gasteiger partial charge is 0.480 e. The number of aliphatic carboxylic acids is 1. The lowest BCUT2D eigenvalue weighted by molar-refractivity contribution is -0.136. The number of nitrogens with one attached hydrogen (secondary N) is 2. The fraction of sp³-hybridized carbons (Fsp3) is 0.138. The highest BCUT2D eigenvalue weighted by molar-refractivity contribution is 9.10. The van der Waals surface area contributed by atoms with Crippen LogP contribution in [-0.2, 0) is 11.2 Å². The second kappa shape index (κ2) is 12.3. The van der Waals surface area contributed by atoms with Crippen molar-refractivity contribution in [3.8, 4) is 11.1 Å². The average molecular weight is 588 g/mol. The number of carboxylic acid groups (broad SMARTS) is 1. The van der Waals surface area contributed by atoms with Crippen LogP contribution in [0, 0.1) is 0 Å². The summed E-state index contributed by atoms with van der Waals surface area (Å²) in [5.74, 6) is -0.696. The Morgan fingerprint density at radius 2 is 1.51 bits per heavy atom. The number of hydrogen-bond donors (Lipinski definition) is 3. The van der Waals surface area contributed by atoms with Gasteiger partial charge in [0.15, 0.2) is 0 Å². The molecular formula is C29H26BrN5O4. The molecule has 0 aliphatic heterocycles. The summed E-state index contributed by atoms with van der Waals surface area (Å²) < 4.78 is 0. The van der Waals surface area contributed by atoms with E-state index in [1.807, 2.05) is 24.3 Å². The third kappa shape index (κ3) is 7.26. The van der Waals surface area contributed by atoms with Crippen molar-refractivity contribution >= 4 is 50.9 Å². The number of alkyl halides is 1. The summed E-state index contributed by atoms with van der Waals surface area (Å²) in [6.07, 6.45) is 5.22. The first-order valence-electron chi connectivity index (χ1n) is 12.0. The van der Waals surface area contributed by atoms with E-state index in [9.17, 15) is 14.4 Å². The second-order valence-electron chi connectivity index (χ2n) is 8.96. The highest BCUT2D eigenvalue weighted by atomic mass is 79.9. The summed E-state index contributed by atoms with van der Waals surface area (Å²) in [6.45, 7) is 0. The third-order valence-electron chi connectivity index (χ3n) is 5.80. The zero-order chi connectivity index (χ0) is 27.9.